The molecule has 1 aromatic rings. The van der Waals surface area contributed by atoms with Crippen molar-refractivity contribution in [2.24, 2.45) is 5.84 Å². The SMILES string of the molecule is CCOC1(C(Cc2ccc(F)cc2Cl)NN)CCOCC1. The van der Waals surface area contributed by atoms with Crippen LogP contribution in [0.25, 0.3) is 0 Å². The number of benzene rings is 1. The number of hydrogen-bond donors (Lipinski definition) is 2. The van der Waals surface area contributed by atoms with Crippen LogP contribution >= 0.6 is 11.6 Å². The van der Waals surface area contributed by atoms with Crippen molar-refractivity contribution in [2.45, 2.75) is 37.8 Å². The van der Waals surface area contributed by atoms with Crippen molar-refractivity contribution in [3.8, 4) is 0 Å². The second kappa shape index (κ2) is 7.51. The quantitative estimate of drug-likeness (QED) is 0.625. The topological polar surface area (TPSA) is 56.5 Å². The van der Waals surface area contributed by atoms with Crippen LogP contribution in [0.15, 0.2) is 18.2 Å². The lowest BCUT2D eigenvalue weighted by Crippen LogP contribution is -2.58. The van der Waals surface area contributed by atoms with Crippen LogP contribution in [-0.4, -0.2) is 31.5 Å². The molecule has 118 valence electrons. The Bertz CT molecular complexity index is 461. The van der Waals surface area contributed by atoms with Crippen molar-refractivity contribution in [3.63, 3.8) is 0 Å². The molecule has 1 fully saturated rings. The van der Waals surface area contributed by atoms with Gasteiger partial charge in [0.2, 0.25) is 0 Å². The van der Waals surface area contributed by atoms with Gasteiger partial charge in [-0.3, -0.25) is 11.3 Å². The van der Waals surface area contributed by atoms with Crippen molar-refractivity contribution in [1.29, 1.82) is 0 Å². The van der Waals surface area contributed by atoms with Gasteiger partial charge < -0.3 is 9.47 Å². The molecule has 3 N–H and O–H groups in total. The van der Waals surface area contributed by atoms with Crippen LogP contribution in [0.1, 0.15) is 25.3 Å². The van der Waals surface area contributed by atoms with Crippen molar-refractivity contribution >= 4 is 11.6 Å². The summed E-state index contributed by atoms with van der Waals surface area (Å²) in [5.74, 6) is 5.42. The summed E-state index contributed by atoms with van der Waals surface area (Å²) in [6.07, 6.45) is 2.12. The molecule has 1 unspecified atom stereocenters. The van der Waals surface area contributed by atoms with Gasteiger partial charge in [-0.2, -0.15) is 0 Å². The summed E-state index contributed by atoms with van der Waals surface area (Å²) >= 11 is 6.12. The predicted octanol–water partition coefficient (Wildman–Crippen LogP) is 2.44. The average molecular weight is 317 g/mol. The number of hydrogen-bond acceptors (Lipinski definition) is 4. The molecular weight excluding hydrogens is 295 g/mol. The van der Waals surface area contributed by atoms with E-state index in [-0.39, 0.29) is 17.5 Å². The van der Waals surface area contributed by atoms with E-state index in [0.717, 1.165) is 18.4 Å². The first kappa shape index (κ1) is 16.6. The van der Waals surface area contributed by atoms with Gasteiger partial charge in [0.25, 0.3) is 0 Å². The molecule has 6 heteroatoms. The number of ether oxygens (including phenoxy) is 2. The Morgan fingerprint density at radius 3 is 2.76 bits per heavy atom. The van der Waals surface area contributed by atoms with Gasteiger partial charge >= 0.3 is 0 Å². The largest absolute Gasteiger partial charge is 0.381 e. The van der Waals surface area contributed by atoms with Crippen LogP contribution in [0, 0.1) is 5.82 Å². The van der Waals surface area contributed by atoms with Gasteiger partial charge in [0.05, 0.1) is 11.6 Å². The van der Waals surface area contributed by atoms with Gasteiger partial charge in [0.15, 0.2) is 0 Å². The molecule has 0 amide bonds. The smallest absolute Gasteiger partial charge is 0.124 e. The maximum absolute atomic E-state index is 13.2. The summed E-state index contributed by atoms with van der Waals surface area (Å²) < 4.78 is 24.6. The molecule has 2 rings (SSSR count). The summed E-state index contributed by atoms with van der Waals surface area (Å²) in [5, 5.41) is 0.411. The summed E-state index contributed by atoms with van der Waals surface area (Å²) in [7, 11) is 0. The number of halogens is 2. The second-order valence-corrected chi connectivity index (χ2v) is 5.68. The predicted molar refractivity (Wildman–Crippen MR) is 80.6 cm³/mol. The Morgan fingerprint density at radius 2 is 2.19 bits per heavy atom. The molecular formula is C15H22ClFN2O2. The highest BCUT2D eigenvalue weighted by Crippen LogP contribution is 2.32. The van der Waals surface area contributed by atoms with Gasteiger partial charge in [-0.15, -0.1) is 0 Å². The van der Waals surface area contributed by atoms with E-state index in [1.165, 1.54) is 12.1 Å². The summed E-state index contributed by atoms with van der Waals surface area (Å²) in [6.45, 7) is 3.87. The molecule has 1 heterocycles. The van der Waals surface area contributed by atoms with Gasteiger partial charge in [-0.1, -0.05) is 17.7 Å². The summed E-state index contributed by atoms with van der Waals surface area (Å²) in [4.78, 5) is 0. The normalized spacial score (nSPS) is 19.4. The zero-order valence-electron chi connectivity index (χ0n) is 12.2. The minimum absolute atomic E-state index is 0.107. The molecule has 1 saturated heterocycles. The van der Waals surface area contributed by atoms with Gasteiger partial charge in [0.1, 0.15) is 5.82 Å². The first-order valence-corrected chi connectivity index (χ1v) is 7.61. The Kier molecular flexibility index (Phi) is 5.96. The molecule has 0 aromatic heterocycles. The molecule has 0 aliphatic carbocycles. The van der Waals surface area contributed by atoms with Gasteiger partial charge in [0, 0.05) is 37.7 Å². The van der Waals surface area contributed by atoms with Gasteiger partial charge in [-0.05, 0) is 31.0 Å². The van der Waals surface area contributed by atoms with E-state index < -0.39 is 0 Å². The number of hydrazine groups is 1. The fourth-order valence-electron chi connectivity index (χ4n) is 2.90. The minimum Gasteiger partial charge on any atom is -0.381 e. The third-order valence-electron chi connectivity index (χ3n) is 4.05. The van der Waals surface area contributed by atoms with Crippen molar-refractivity contribution in [1.82, 2.24) is 5.43 Å². The number of nitrogens with one attached hydrogen (secondary N) is 1. The van der Waals surface area contributed by atoms with Crippen LogP contribution in [0.5, 0.6) is 0 Å². The summed E-state index contributed by atoms with van der Waals surface area (Å²) in [6, 6.07) is 4.32. The van der Waals surface area contributed by atoms with Crippen LogP contribution in [0.4, 0.5) is 4.39 Å². The van der Waals surface area contributed by atoms with E-state index in [9.17, 15) is 4.39 Å². The highest BCUT2D eigenvalue weighted by Gasteiger charge is 2.41. The minimum atomic E-state index is -0.376. The van der Waals surface area contributed by atoms with Crippen LogP contribution < -0.4 is 11.3 Å². The second-order valence-electron chi connectivity index (χ2n) is 5.27. The van der Waals surface area contributed by atoms with Crippen LogP contribution in [0.2, 0.25) is 5.02 Å². The summed E-state index contributed by atoms with van der Waals surface area (Å²) in [5.41, 5.74) is 3.33. The first-order chi connectivity index (χ1) is 10.1. The molecule has 0 saturated carbocycles. The lowest BCUT2D eigenvalue weighted by atomic mass is 9.83. The zero-order chi connectivity index (χ0) is 15.3. The molecule has 0 bridgehead atoms. The van der Waals surface area contributed by atoms with Crippen LogP contribution in [0.3, 0.4) is 0 Å². The monoisotopic (exact) mass is 316 g/mol. The maximum Gasteiger partial charge on any atom is 0.124 e. The Balaban J connectivity index is 2.20. The molecule has 1 aromatic carbocycles. The highest BCUT2D eigenvalue weighted by atomic mass is 35.5. The van der Waals surface area contributed by atoms with E-state index in [2.05, 4.69) is 5.43 Å². The highest BCUT2D eigenvalue weighted by molar-refractivity contribution is 6.31. The van der Waals surface area contributed by atoms with Crippen LogP contribution in [-0.2, 0) is 15.9 Å². The lowest BCUT2D eigenvalue weighted by Gasteiger charge is -2.43. The molecule has 0 spiro atoms. The molecule has 4 nitrogen and oxygen atoms in total. The fourth-order valence-corrected chi connectivity index (χ4v) is 3.15. The Labute approximate surface area is 129 Å². The van der Waals surface area contributed by atoms with E-state index >= 15 is 0 Å². The fraction of sp³-hybridized carbons (Fsp3) is 0.600. The Morgan fingerprint density at radius 1 is 1.48 bits per heavy atom. The van der Waals surface area contributed by atoms with Crippen molar-refractivity contribution in [2.75, 3.05) is 19.8 Å². The molecule has 0 radical (unpaired) electrons. The molecule has 21 heavy (non-hydrogen) atoms. The van der Waals surface area contributed by atoms with Crippen molar-refractivity contribution < 1.29 is 13.9 Å². The van der Waals surface area contributed by atoms with E-state index in [0.29, 0.717) is 31.3 Å². The lowest BCUT2D eigenvalue weighted by molar-refractivity contribution is -0.126. The molecule has 1 aliphatic heterocycles. The van der Waals surface area contributed by atoms with E-state index in [1.807, 2.05) is 6.92 Å². The van der Waals surface area contributed by atoms with Crippen molar-refractivity contribution in [3.05, 3.63) is 34.6 Å². The molecule has 1 atom stereocenters. The van der Waals surface area contributed by atoms with E-state index in [4.69, 9.17) is 26.9 Å². The third kappa shape index (κ3) is 3.93. The van der Waals surface area contributed by atoms with E-state index in [1.54, 1.807) is 6.07 Å². The Hall–Kier alpha value is -0.720. The number of nitrogens with two attached hydrogens (primary N) is 1. The first-order valence-electron chi connectivity index (χ1n) is 7.23. The third-order valence-corrected chi connectivity index (χ3v) is 4.40. The number of rotatable bonds is 6. The molecule has 1 aliphatic rings. The van der Waals surface area contributed by atoms with Gasteiger partial charge in [-0.25, -0.2) is 4.39 Å². The maximum atomic E-state index is 13.2. The average Bonchev–Trinajstić information content (AvgIpc) is 2.47. The standard InChI is InChI=1S/C15H22ClFN2O2/c1-2-21-15(5-7-20-8-6-15)14(19-18)9-11-3-4-12(17)10-13(11)16/h3-4,10,14,19H,2,5-9,18H2,1H3. The zero-order valence-corrected chi connectivity index (χ0v) is 13.0.